The molecule has 2 heterocycles. The number of hydrogen-bond acceptors (Lipinski definition) is 5. The number of halogens is 1. The zero-order valence-electron chi connectivity index (χ0n) is 14.8. The van der Waals surface area contributed by atoms with Crippen LogP contribution in [0.25, 0.3) is 5.57 Å². The minimum atomic E-state index is -3.36. The Bertz CT molecular complexity index is 787. The Balaban J connectivity index is 2.10. The van der Waals surface area contributed by atoms with E-state index in [2.05, 4.69) is 22.6 Å². The predicted molar refractivity (Wildman–Crippen MR) is 105 cm³/mol. The van der Waals surface area contributed by atoms with Gasteiger partial charge in [-0.25, -0.2) is 0 Å². The molecule has 0 spiro atoms. The van der Waals surface area contributed by atoms with Crippen LogP contribution in [0.3, 0.4) is 0 Å². The van der Waals surface area contributed by atoms with Crippen molar-refractivity contribution in [2.45, 2.75) is 39.7 Å². The molecule has 1 atom stereocenters. The molecule has 5 nitrogen and oxygen atoms in total. The van der Waals surface area contributed by atoms with Gasteiger partial charge in [0.1, 0.15) is 17.6 Å². The third kappa shape index (κ3) is 3.59. The van der Waals surface area contributed by atoms with Crippen molar-refractivity contribution in [2.24, 2.45) is 5.41 Å². The Labute approximate surface area is 161 Å². The lowest BCUT2D eigenvalue weighted by molar-refractivity contribution is 0.0456. The van der Waals surface area contributed by atoms with E-state index in [9.17, 15) is 9.36 Å². The third-order valence-electron chi connectivity index (χ3n) is 4.62. The van der Waals surface area contributed by atoms with Gasteiger partial charge in [0.25, 0.3) is 0 Å². The van der Waals surface area contributed by atoms with Gasteiger partial charge in [0, 0.05) is 27.9 Å². The zero-order chi connectivity index (χ0) is 18.5. The maximum Gasteiger partial charge on any atom is 0.354 e. The highest BCUT2D eigenvalue weighted by molar-refractivity contribution is 14.1. The molecule has 2 aliphatic rings. The Morgan fingerprint density at radius 1 is 1.24 bits per heavy atom. The van der Waals surface area contributed by atoms with Crippen LogP contribution in [0.1, 0.15) is 50.0 Å². The van der Waals surface area contributed by atoms with Crippen LogP contribution in [0.15, 0.2) is 17.9 Å². The first-order chi connectivity index (χ1) is 11.6. The summed E-state index contributed by atoms with van der Waals surface area (Å²) >= 11 is 2.15. The number of ether oxygens (including phenoxy) is 1. The molecule has 1 aromatic rings. The SMILES string of the molecule is CCC1(C)Oc2c(I)cc(C=O)cc2/C1=C/P1(=O)OCC(C)(C)CO1. The topological polar surface area (TPSA) is 61.8 Å². The molecule has 1 unspecified atom stereocenters. The Morgan fingerprint density at radius 2 is 1.88 bits per heavy atom. The van der Waals surface area contributed by atoms with Gasteiger partial charge in [0.2, 0.25) is 0 Å². The van der Waals surface area contributed by atoms with Gasteiger partial charge in [-0.05, 0) is 48.1 Å². The second-order valence-electron chi connectivity index (χ2n) is 7.48. The molecule has 1 fully saturated rings. The molecular formula is C18H22IO5P. The van der Waals surface area contributed by atoms with E-state index in [4.69, 9.17) is 13.8 Å². The maximum atomic E-state index is 13.1. The van der Waals surface area contributed by atoms with Gasteiger partial charge in [-0.1, -0.05) is 20.8 Å². The summed E-state index contributed by atoms with van der Waals surface area (Å²) < 4.78 is 31.3. The van der Waals surface area contributed by atoms with Crippen LogP contribution in [0, 0.1) is 8.99 Å². The average Bonchev–Trinajstić information content (AvgIpc) is 2.85. The van der Waals surface area contributed by atoms with Crippen LogP contribution in [-0.2, 0) is 13.6 Å². The normalized spacial score (nSPS) is 28.4. The van der Waals surface area contributed by atoms with E-state index in [1.165, 1.54) is 0 Å². The van der Waals surface area contributed by atoms with Gasteiger partial charge in [0.15, 0.2) is 0 Å². The zero-order valence-corrected chi connectivity index (χ0v) is 17.8. The van der Waals surface area contributed by atoms with Crippen LogP contribution in [0.2, 0.25) is 0 Å². The van der Waals surface area contributed by atoms with Crippen molar-refractivity contribution in [3.05, 3.63) is 32.6 Å². The van der Waals surface area contributed by atoms with E-state index in [0.29, 0.717) is 30.9 Å². The molecule has 0 aromatic heterocycles. The molecule has 2 aliphatic heterocycles. The van der Waals surface area contributed by atoms with E-state index >= 15 is 0 Å². The molecule has 1 saturated heterocycles. The van der Waals surface area contributed by atoms with Gasteiger partial charge in [-0.3, -0.25) is 9.36 Å². The predicted octanol–water partition coefficient (Wildman–Crippen LogP) is 5.27. The summed E-state index contributed by atoms with van der Waals surface area (Å²) in [5.41, 5.74) is 1.30. The lowest BCUT2D eigenvalue weighted by Crippen LogP contribution is -2.30. The number of rotatable bonds is 3. The number of carbonyl (C=O) groups excluding carboxylic acids is 1. The van der Waals surface area contributed by atoms with Crippen molar-refractivity contribution in [1.29, 1.82) is 0 Å². The van der Waals surface area contributed by atoms with Gasteiger partial charge in [0.05, 0.1) is 16.8 Å². The third-order valence-corrected chi connectivity index (χ3v) is 6.98. The molecule has 0 N–H and O–H groups in total. The molecule has 0 aliphatic carbocycles. The van der Waals surface area contributed by atoms with Crippen molar-refractivity contribution in [3.63, 3.8) is 0 Å². The highest BCUT2D eigenvalue weighted by Crippen LogP contribution is 2.60. The minimum absolute atomic E-state index is 0.162. The van der Waals surface area contributed by atoms with Gasteiger partial charge in [-0.15, -0.1) is 0 Å². The summed E-state index contributed by atoms with van der Waals surface area (Å²) in [5.74, 6) is 2.30. The number of hydrogen-bond donors (Lipinski definition) is 0. The first-order valence-electron chi connectivity index (χ1n) is 8.22. The van der Waals surface area contributed by atoms with E-state index in [1.54, 1.807) is 17.9 Å². The van der Waals surface area contributed by atoms with E-state index in [1.807, 2.05) is 27.7 Å². The molecule has 0 amide bonds. The quantitative estimate of drug-likeness (QED) is 0.338. The van der Waals surface area contributed by atoms with Crippen LogP contribution < -0.4 is 4.74 Å². The molecule has 136 valence electrons. The fourth-order valence-corrected chi connectivity index (χ4v) is 5.63. The van der Waals surface area contributed by atoms with Crippen LogP contribution in [-0.4, -0.2) is 25.1 Å². The van der Waals surface area contributed by atoms with E-state index < -0.39 is 13.2 Å². The van der Waals surface area contributed by atoms with Crippen molar-refractivity contribution in [2.75, 3.05) is 13.2 Å². The van der Waals surface area contributed by atoms with Crippen LogP contribution in [0.5, 0.6) is 5.75 Å². The smallest absolute Gasteiger partial charge is 0.354 e. The maximum absolute atomic E-state index is 13.1. The summed E-state index contributed by atoms with van der Waals surface area (Å²) in [6.07, 6.45) is 1.49. The molecule has 0 radical (unpaired) electrons. The first kappa shape index (κ1) is 19.1. The van der Waals surface area contributed by atoms with Crippen molar-refractivity contribution in [3.8, 4) is 5.75 Å². The monoisotopic (exact) mass is 476 g/mol. The summed E-state index contributed by atoms with van der Waals surface area (Å²) in [5, 5.41) is 0. The molecule has 7 heteroatoms. The summed E-state index contributed by atoms with van der Waals surface area (Å²) in [6, 6.07) is 3.56. The Hall–Kier alpha value is -0.690. The van der Waals surface area contributed by atoms with Gasteiger partial charge >= 0.3 is 7.60 Å². The lowest BCUT2D eigenvalue weighted by atomic mass is 9.91. The average molecular weight is 476 g/mol. The molecule has 1 aromatic carbocycles. The van der Waals surface area contributed by atoms with Crippen molar-refractivity contribution < 1.29 is 23.1 Å². The fraction of sp³-hybridized carbons (Fsp3) is 0.500. The number of benzene rings is 1. The highest BCUT2D eigenvalue weighted by atomic mass is 127. The number of fused-ring (bicyclic) bond motifs is 1. The summed E-state index contributed by atoms with van der Waals surface area (Å²) in [6.45, 7) is 8.72. The molecule has 0 saturated carbocycles. The molecule has 25 heavy (non-hydrogen) atoms. The van der Waals surface area contributed by atoms with Crippen molar-refractivity contribution >= 4 is 42.0 Å². The summed E-state index contributed by atoms with van der Waals surface area (Å²) in [7, 11) is -3.36. The van der Waals surface area contributed by atoms with Crippen molar-refractivity contribution in [1.82, 2.24) is 0 Å². The van der Waals surface area contributed by atoms with Crippen LogP contribution in [0.4, 0.5) is 0 Å². The first-order valence-corrected chi connectivity index (χ1v) is 10.9. The van der Waals surface area contributed by atoms with Crippen LogP contribution >= 0.6 is 30.2 Å². The molecule has 3 rings (SSSR count). The number of aldehydes is 1. The second-order valence-corrected chi connectivity index (χ2v) is 10.5. The standard InChI is InChI=1S/C18H22IO5P/c1-5-18(4)14(9-25(21)22-10-17(2,3)11-23-25)13-6-12(8-20)7-15(19)16(13)24-18/h6-9H,5,10-11H2,1-4H3/b14-9-. The Morgan fingerprint density at radius 3 is 2.44 bits per heavy atom. The van der Waals surface area contributed by atoms with E-state index in [-0.39, 0.29) is 5.41 Å². The minimum Gasteiger partial charge on any atom is -0.481 e. The Kier molecular flexibility index (Phi) is 4.95. The molecular weight excluding hydrogens is 454 g/mol. The summed E-state index contributed by atoms with van der Waals surface area (Å²) in [4.78, 5) is 11.3. The van der Waals surface area contributed by atoms with Gasteiger partial charge < -0.3 is 13.8 Å². The van der Waals surface area contributed by atoms with Gasteiger partial charge in [-0.2, -0.15) is 0 Å². The lowest BCUT2D eigenvalue weighted by Gasteiger charge is -2.33. The number of carbonyl (C=O) groups is 1. The largest absolute Gasteiger partial charge is 0.481 e. The fourth-order valence-electron chi connectivity index (χ4n) is 2.86. The molecule has 0 bridgehead atoms. The second kappa shape index (κ2) is 6.48. The highest BCUT2D eigenvalue weighted by Gasteiger charge is 2.44. The van der Waals surface area contributed by atoms with E-state index in [0.717, 1.165) is 21.0 Å².